The van der Waals surface area contributed by atoms with Crippen LogP contribution in [0.25, 0.3) is 0 Å². The number of para-hydroxylation sites is 2. The Morgan fingerprint density at radius 1 is 1.05 bits per heavy atom. The molecular formula is C17H20N2. The van der Waals surface area contributed by atoms with Gasteiger partial charge in [-0.1, -0.05) is 49.4 Å². The fraction of sp³-hybridized carbons (Fsp3) is 0.294. The summed E-state index contributed by atoms with van der Waals surface area (Å²) in [6, 6.07) is 19.8. The maximum atomic E-state index is 3.56. The molecule has 1 atom stereocenters. The molecule has 0 saturated heterocycles. The van der Waals surface area contributed by atoms with Crippen molar-refractivity contribution in [1.29, 1.82) is 0 Å². The molecule has 0 spiro atoms. The van der Waals surface area contributed by atoms with Gasteiger partial charge < -0.3 is 10.2 Å². The standard InChI is InChI=1S/C17H20N2/c1-2-12-19-16-11-7-6-10-15(16)18-13-17(19)14-8-4-3-5-9-14/h3-11,17-18H,2,12-13H2,1H3. The summed E-state index contributed by atoms with van der Waals surface area (Å²) in [5.41, 5.74) is 3.96. The van der Waals surface area contributed by atoms with Crippen LogP contribution >= 0.6 is 0 Å². The number of benzene rings is 2. The molecule has 0 aliphatic carbocycles. The number of anilines is 2. The number of hydrogen-bond donors (Lipinski definition) is 1. The second-order valence-corrected chi connectivity index (χ2v) is 5.02. The van der Waals surface area contributed by atoms with Gasteiger partial charge in [-0.3, -0.25) is 0 Å². The third-order valence-electron chi connectivity index (χ3n) is 3.72. The summed E-state index contributed by atoms with van der Waals surface area (Å²) in [6.07, 6.45) is 1.16. The highest BCUT2D eigenvalue weighted by molar-refractivity contribution is 5.73. The molecule has 0 saturated carbocycles. The minimum atomic E-state index is 0.427. The maximum Gasteiger partial charge on any atom is 0.0715 e. The van der Waals surface area contributed by atoms with Crippen LogP contribution in [0, 0.1) is 0 Å². The van der Waals surface area contributed by atoms with Gasteiger partial charge in [0, 0.05) is 13.1 Å². The van der Waals surface area contributed by atoms with Crippen LogP contribution < -0.4 is 10.2 Å². The van der Waals surface area contributed by atoms with Crippen molar-refractivity contribution >= 4 is 11.4 Å². The monoisotopic (exact) mass is 252 g/mol. The first-order valence-corrected chi connectivity index (χ1v) is 7.04. The second kappa shape index (κ2) is 5.35. The van der Waals surface area contributed by atoms with Gasteiger partial charge >= 0.3 is 0 Å². The summed E-state index contributed by atoms with van der Waals surface area (Å²) in [7, 11) is 0. The Labute approximate surface area is 115 Å². The van der Waals surface area contributed by atoms with E-state index in [1.807, 2.05) is 0 Å². The number of rotatable bonds is 3. The molecule has 3 rings (SSSR count). The highest BCUT2D eigenvalue weighted by Gasteiger charge is 2.26. The van der Waals surface area contributed by atoms with Crippen molar-refractivity contribution in [2.24, 2.45) is 0 Å². The van der Waals surface area contributed by atoms with Crippen LogP contribution in [0.3, 0.4) is 0 Å². The molecule has 1 heterocycles. The van der Waals surface area contributed by atoms with Gasteiger partial charge in [0.15, 0.2) is 0 Å². The molecule has 0 radical (unpaired) electrons. The molecule has 1 N–H and O–H groups in total. The first-order valence-electron chi connectivity index (χ1n) is 7.04. The highest BCUT2D eigenvalue weighted by Crippen LogP contribution is 2.37. The van der Waals surface area contributed by atoms with E-state index >= 15 is 0 Å². The molecular weight excluding hydrogens is 232 g/mol. The summed E-state index contributed by atoms with van der Waals surface area (Å²) >= 11 is 0. The van der Waals surface area contributed by atoms with E-state index < -0.39 is 0 Å². The highest BCUT2D eigenvalue weighted by atomic mass is 15.2. The Kier molecular flexibility index (Phi) is 3.41. The molecule has 0 fully saturated rings. The zero-order valence-electron chi connectivity index (χ0n) is 11.3. The Hall–Kier alpha value is -1.96. The lowest BCUT2D eigenvalue weighted by Gasteiger charge is -2.39. The van der Waals surface area contributed by atoms with E-state index in [0.29, 0.717) is 6.04 Å². The molecule has 2 aromatic rings. The molecule has 2 aromatic carbocycles. The molecule has 1 aliphatic heterocycles. The van der Waals surface area contributed by atoms with E-state index in [1.165, 1.54) is 16.9 Å². The number of hydrogen-bond acceptors (Lipinski definition) is 2. The van der Waals surface area contributed by atoms with Crippen LogP contribution in [0.1, 0.15) is 24.9 Å². The number of nitrogens with zero attached hydrogens (tertiary/aromatic N) is 1. The lowest BCUT2D eigenvalue weighted by Crippen LogP contribution is -2.38. The lowest BCUT2D eigenvalue weighted by molar-refractivity contribution is 0.622. The molecule has 0 aromatic heterocycles. The Morgan fingerprint density at radius 3 is 2.58 bits per heavy atom. The van der Waals surface area contributed by atoms with Gasteiger partial charge in [-0.2, -0.15) is 0 Å². The topological polar surface area (TPSA) is 15.3 Å². The zero-order chi connectivity index (χ0) is 13.1. The molecule has 2 nitrogen and oxygen atoms in total. The number of nitrogens with one attached hydrogen (secondary N) is 1. The van der Waals surface area contributed by atoms with Gasteiger partial charge in [-0.25, -0.2) is 0 Å². The predicted molar refractivity (Wildman–Crippen MR) is 81.8 cm³/mol. The average Bonchev–Trinajstić information content (AvgIpc) is 2.49. The fourth-order valence-corrected chi connectivity index (χ4v) is 2.85. The van der Waals surface area contributed by atoms with Crippen LogP contribution in [0.4, 0.5) is 11.4 Å². The predicted octanol–water partition coefficient (Wildman–Crippen LogP) is 4.07. The van der Waals surface area contributed by atoms with Gasteiger partial charge in [-0.15, -0.1) is 0 Å². The molecule has 19 heavy (non-hydrogen) atoms. The zero-order valence-corrected chi connectivity index (χ0v) is 11.3. The Balaban J connectivity index is 1.98. The number of fused-ring (bicyclic) bond motifs is 1. The van der Waals surface area contributed by atoms with Gasteiger partial charge in [0.1, 0.15) is 0 Å². The normalized spacial score (nSPS) is 17.7. The second-order valence-electron chi connectivity index (χ2n) is 5.02. The van der Waals surface area contributed by atoms with E-state index in [1.54, 1.807) is 0 Å². The van der Waals surface area contributed by atoms with Crippen LogP contribution in [0.5, 0.6) is 0 Å². The van der Waals surface area contributed by atoms with Crippen molar-refractivity contribution in [3.05, 3.63) is 60.2 Å². The molecule has 1 unspecified atom stereocenters. The van der Waals surface area contributed by atoms with Gasteiger partial charge in [0.25, 0.3) is 0 Å². The molecule has 98 valence electrons. The van der Waals surface area contributed by atoms with Crippen molar-refractivity contribution in [2.75, 3.05) is 23.3 Å². The molecule has 1 aliphatic rings. The van der Waals surface area contributed by atoms with Crippen LogP contribution in [-0.2, 0) is 0 Å². The summed E-state index contributed by atoms with van der Waals surface area (Å²) in [6.45, 7) is 4.31. The summed E-state index contributed by atoms with van der Waals surface area (Å²) in [5.74, 6) is 0. The van der Waals surface area contributed by atoms with Crippen LogP contribution in [0.2, 0.25) is 0 Å². The summed E-state index contributed by atoms with van der Waals surface area (Å²) in [5, 5.41) is 3.56. The minimum absolute atomic E-state index is 0.427. The van der Waals surface area contributed by atoms with Crippen molar-refractivity contribution in [2.45, 2.75) is 19.4 Å². The average molecular weight is 252 g/mol. The molecule has 2 heteroatoms. The van der Waals surface area contributed by atoms with E-state index in [-0.39, 0.29) is 0 Å². The summed E-state index contributed by atoms with van der Waals surface area (Å²) in [4.78, 5) is 2.53. The third-order valence-corrected chi connectivity index (χ3v) is 3.72. The Morgan fingerprint density at radius 2 is 1.79 bits per heavy atom. The fourth-order valence-electron chi connectivity index (χ4n) is 2.85. The molecule has 0 bridgehead atoms. The van der Waals surface area contributed by atoms with Crippen molar-refractivity contribution in [3.63, 3.8) is 0 Å². The van der Waals surface area contributed by atoms with Gasteiger partial charge in [0.2, 0.25) is 0 Å². The quantitative estimate of drug-likeness (QED) is 0.885. The molecule has 0 amide bonds. The van der Waals surface area contributed by atoms with Gasteiger partial charge in [-0.05, 0) is 24.1 Å². The lowest BCUT2D eigenvalue weighted by atomic mass is 10.0. The van der Waals surface area contributed by atoms with Crippen molar-refractivity contribution in [1.82, 2.24) is 0 Å². The first kappa shape index (κ1) is 12.1. The van der Waals surface area contributed by atoms with E-state index in [9.17, 15) is 0 Å². The van der Waals surface area contributed by atoms with Crippen molar-refractivity contribution in [3.8, 4) is 0 Å². The Bertz CT molecular complexity index is 536. The minimum Gasteiger partial charge on any atom is -0.381 e. The smallest absolute Gasteiger partial charge is 0.0715 e. The maximum absolute atomic E-state index is 3.56. The van der Waals surface area contributed by atoms with E-state index in [2.05, 4.69) is 71.7 Å². The SMILES string of the molecule is CCCN1c2ccccc2NCC1c1ccccc1. The summed E-state index contributed by atoms with van der Waals surface area (Å²) < 4.78 is 0. The van der Waals surface area contributed by atoms with Crippen molar-refractivity contribution < 1.29 is 0 Å². The van der Waals surface area contributed by atoms with E-state index in [0.717, 1.165) is 19.5 Å². The first-order chi connectivity index (χ1) is 9.40. The third kappa shape index (κ3) is 2.30. The van der Waals surface area contributed by atoms with Crippen LogP contribution in [-0.4, -0.2) is 13.1 Å². The van der Waals surface area contributed by atoms with Crippen LogP contribution in [0.15, 0.2) is 54.6 Å². The largest absolute Gasteiger partial charge is 0.381 e. The van der Waals surface area contributed by atoms with Gasteiger partial charge in [0.05, 0.1) is 17.4 Å². The van der Waals surface area contributed by atoms with E-state index in [4.69, 9.17) is 0 Å².